The first kappa shape index (κ1) is 24.9. The highest BCUT2D eigenvalue weighted by molar-refractivity contribution is 5.97. The minimum atomic E-state index is -1.08. The number of aromatic nitrogens is 1. The lowest BCUT2D eigenvalue weighted by molar-refractivity contribution is -0.142. The van der Waals surface area contributed by atoms with Crippen LogP contribution in [0.5, 0.6) is 5.75 Å². The van der Waals surface area contributed by atoms with E-state index in [-0.39, 0.29) is 24.6 Å². The van der Waals surface area contributed by atoms with Crippen LogP contribution in [0.4, 0.5) is 0 Å². The van der Waals surface area contributed by atoms with Gasteiger partial charge in [-0.3, -0.25) is 20.0 Å². The lowest BCUT2D eigenvalue weighted by Crippen LogP contribution is -2.49. The molecule has 1 heterocycles. The van der Waals surface area contributed by atoms with E-state index >= 15 is 0 Å². The van der Waals surface area contributed by atoms with E-state index < -0.39 is 23.8 Å². The van der Waals surface area contributed by atoms with Crippen molar-refractivity contribution in [2.45, 2.75) is 12.6 Å². The van der Waals surface area contributed by atoms with E-state index in [4.69, 9.17) is 20.6 Å². The number of hydrogen-bond acceptors (Lipinski definition) is 7. The molecule has 0 aliphatic rings. The van der Waals surface area contributed by atoms with E-state index in [0.29, 0.717) is 16.9 Å². The molecule has 0 aliphatic heterocycles. The molecule has 0 fully saturated rings. The maximum absolute atomic E-state index is 12.7. The van der Waals surface area contributed by atoms with E-state index in [9.17, 15) is 14.4 Å². The first-order valence-electron chi connectivity index (χ1n) is 10.6. The fourth-order valence-corrected chi connectivity index (χ4v) is 3.07. The predicted octanol–water partition coefficient (Wildman–Crippen LogP) is 1.65. The number of carbonyl (C=O) groups is 3. The Morgan fingerprint density at radius 3 is 2.40 bits per heavy atom. The van der Waals surface area contributed by atoms with Crippen LogP contribution < -0.4 is 21.1 Å². The number of nitrogen functional groups attached to an aromatic ring is 1. The zero-order chi connectivity index (χ0) is 25.2. The number of benzene rings is 2. The Balaban J connectivity index is 1.58. The smallest absolute Gasteiger partial charge is 0.330 e. The Hall–Kier alpha value is -4.73. The van der Waals surface area contributed by atoms with Gasteiger partial charge in [-0.1, -0.05) is 12.1 Å². The number of nitrogens with one attached hydrogen (secondary N) is 3. The summed E-state index contributed by atoms with van der Waals surface area (Å²) >= 11 is 0. The van der Waals surface area contributed by atoms with Crippen molar-refractivity contribution in [2.24, 2.45) is 5.73 Å². The molecule has 1 aromatic heterocycles. The van der Waals surface area contributed by atoms with Gasteiger partial charge in [0, 0.05) is 30.1 Å². The molecule has 10 heteroatoms. The molecule has 0 aliphatic carbocycles. The Morgan fingerprint density at radius 2 is 1.74 bits per heavy atom. The highest BCUT2D eigenvalue weighted by atomic mass is 16.5. The van der Waals surface area contributed by atoms with Gasteiger partial charge in [0.05, 0.1) is 12.7 Å². The lowest BCUT2D eigenvalue weighted by atomic mass is 10.1. The third kappa shape index (κ3) is 7.13. The first-order valence-corrected chi connectivity index (χ1v) is 10.6. The number of rotatable bonds is 10. The summed E-state index contributed by atoms with van der Waals surface area (Å²) in [4.78, 5) is 41.1. The third-order valence-electron chi connectivity index (χ3n) is 4.94. The third-order valence-corrected chi connectivity index (χ3v) is 4.94. The molecule has 35 heavy (non-hydrogen) atoms. The summed E-state index contributed by atoms with van der Waals surface area (Å²) in [6.07, 6.45) is 2.89. The summed E-state index contributed by atoms with van der Waals surface area (Å²) < 4.78 is 10.5. The quantitative estimate of drug-likeness (QED) is 0.197. The Bertz CT molecular complexity index is 1200. The number of ether oxygens (including phenoxy) is 2. The standard InChI is InChI=1S/C25H25N5O5/c1-34-25(33)21(30-24(32)19-6-3-11-28-13-19)14-29-23(31)18-5-2-4-16(12-18)15-35-20-9-7-17(8-10-20)22(26)27/h2-13,21H,14-15H2,1H3,(H3,26,27)(H,29,31)(H,30,32). The van der Waals surface area contributed by atoms with Gasteiger partial charge in [0.25, 0.3) is 11.8 Å². The number of esters is 1. The van der Waals surface area contributed by atoms with Crippen LogP contribution in [0.1, 0.15) is 31.8 Å². The van der Waals surface area contributed by atoms with Gasteiger partial charge in [0.1, 0.15) is 24.2 Å². The van der Waals surface area contributed by atoms with Crippen LogP contribution in [0, 0.1) is 5.41 Å². The molecule has 0 radical (unpaired) electrons. The van der Waals surface area contributed by atoms with Crippen molar-refractivity contribution in [1.29, 1.82) is 5.41 Å². The van der Waals surface area contributed by atoms with E-state index in [1.165, 1.54) is 19.5 Å². The van der Waals surface area contributed by atoms with Crippen LogP contribution in [0.15, 0.2) is 73.1 Å². The molecule has 0 saturated heterocycles. The van der Waals surface area contributed by atoms with Crippen molar-refractivity contribution < 1.29 is 23.9 Å². The van der Waals surface area contributed by atoms with Gasteiger partial charge in [0.15, 0.2) is 0 Å². The van der Waals surface area contributed by atoms with Gasteiger partial charge < -0.3 is 25.8 Å². The number of carbonyl (C=O) groups excluding carboxylic acids is 3. The fourth-order valence-electron chi connectivity index (χ4n) is 3.07. The SMILES string of the molecule is COC(=O)C(CNC(=O)c1cccc(COc2ccc(C(=N)N)cc2)c1)NC(=O)c1cccnc1. The molecule has 180 valence electrons. The van der Waals surface area contributed by atoms with Gasteiger partial charge in [0.2, 0.25) is 0 Å². The van der Waals surface area contributed by atoms with Crippen molar-refractivity contribution in [3.8, 4) is 5.75 Å². The number of nitrogens with zero attached hydrogens (tertiary/aromatic N) is 1. The van der Waals surface area contributed by atoms with E-state index in [0.717, 1.165) is 5.56 Å². The summed E-state index contributed by atoms with van der Waals surface area (Å²) in [5.41, 5.74) is 7.43. The Morgan fingerprint density at radius 1 is 1.00 bits per heavy atom. The number of pyridine rings is 1. The average molecular weight is 476 g/mol. The highest BCUT2D eigenvalue weighted by Gasteiger charge is 2.23. The topological polar surface area (TPSA) is 156 Å². The molecule has 0 bridgehead atoms. The van der Waals surface area contributed by atoms with E-state index in [1.807, 2.05) is 6.07 Å². The minimum absolute atomic E-state index is 0.0265. The molecular formula is C25H25N5O5. The Kier molecular flexibility index (Phi) is 8.49. The highest BCUT2D eigenvalue weighted by Crippen LogP contribution is 2.15. The largest absolute Gasteiger partial charge is 0.489 e. The zero-order valence-corrected chi connectivity index (χ0v) is 19.0. The number of amides is 2. The molecule has 1 unspecified atom stereocenters. The zero-order valence-electron chi connectivity index (χ0n) is 19.0. The van der Waals surface area contributed by atoms with Gasteiger partial charge in [-0.2, -0.15) is 0 Å². The van der Waals surface area contributed by atoms with Crippen molar-refractivity contribution in [1.82, 2.24) is 15.6 Å². The van der Waals surface area contributed by atoms with Crippen molar-refractivity contribution >= 4 is 23.6 Å². The average Bonchev–Trinajstić information content (AvgIpc) is 2.89. The van der Waals surface area contributed by atoms with Gasteiger partial charge in [-0.15, -0.1) is 0 Å². The summed E-state index contributed by atoms with van der Waals surface area (Å²) in [7, 11) is 1.20. The van der Waals surface area contributed by atoms with Crippen LogP contribution in [0.3, 0.4) is 0 Å². The maximum Gasteiger partial charge on any atom is 0.330 e. The number of nitrogens with two attached hydrogens (primary N) is 1. The molecule has 1 atom stereocenters. The van der Waals surface area contributed by atoms with Gasteiger partial charge in [-0.25, -0.2) is 4.79 Å². The van der Waals surface area contributed by atoms with Crippen LogP contribution in [-0.2, 0) is 16.1 Å². The molecule has 10 nitrogen and oxygen atoms in total. The molecule has 5 N–H and O–H groups in total. The molecule has 0 saturated carbocycles. The summed E-state index contributed by atoms with van der Waals surface area (Å²) in [6.45, 7) is 0.0488. The van der Waals surface area contributed by atoms with E-state index in [1.54, 1.807) is 54.6 Å². The molecule has 3 rings (SSSR count). The molecule has 2 amide bonds. The normalized spacial score (nSPS) is 11.1. The molecular weight excluding hydrogens is 450 g/mol. The number of hydrogen-bond donors (Lipinski definition) is 4. The number of methoxy groups -OCH3 is 1. The monoisotopic (exact) mass is 475 g/mol. The lowest BCUT2D eigenvalue weighted by Gasteiger charge is -2.17. The second kappa shape index (κ2) is 11.9. The maximum atomic E-state index is 12.7. The van der Waals surface area contributed by atoms with Gasteiger partial charge >= 0.3 is 5.97 Å². The van der Waals surface area contributed by atoms with E-state index in [2.05, 4.69) is 15.6 Å². The fraction of sp³-hybridized carbons (Fsp3) is 0.160. The van der Waals surface area contributed by atoms with Crippen LogP contribution in [0.2, 0.25) is 0 Å². The van der Waals surface area contributed by atoms with Crippen molar-refractivity contribution in [3.05, 3.63) is 95.3 Å². The first-order chi connectivity index (χ1) is 16.9. The molecule has 3 aromatic rings. The second-order valence-corrected chi connectivity index (χ2v) is 7.43. The van der Waals surface area contributed by atoms with Crippen LogP contribution in [-0.4, -0.2) is 48.3 Å². The van der Waals surface area contributed by atoms with Crippen molar-refractivity contribution in [2.75, 3.05) is 13.7 Å². The molecule has 0 spiro atoms. The minimum Gasteiger partial charge on any atom is -0.489 e. The molecule has 2 aromatic carbocycles. The predicted molar refractivity (Wildman–Crippen MR) is 128 cm³/mol. The second-order valence-electron chi connectivity index (χ2n) is 7.43. The Labute approximate surface area is 202 Å². The summed E-state index contributed by atoms with van der Waals surface area (Å²) in [5.74, 6) is -1.07. The van der Waals surface area contributed by atoms with Crippen LogP contribution in [0.25, 0.3) is 0 Å². The van der Waals surface area contributed by atoms with Crippen LogP contribution >= 0.6 is 0 Å². The van der Waals surface area contributed by atoms with Crippen molar-refractivity contribution in [3.63, 3.8) is 0 Å². The van der Waals surface area contributed by atoms with Gasteiger partial charge in [-0.05, 0) is 54.1 Å². The number of amidine groups is 1. The summed E-state index contributed by atoms with van der Waals surface area (Å²) in [6, 6.07) is 15.7. The summed E-state index contributed by atoms with van der Waals surface area (Å²) in [5, 5.41) is 12.6.